The molecule has 6 heteroatoms. The zero-order valence-electron chi connectivity index (χ0n) is 18.6. The zero-order valence-corrected chi connectivity index (χ0v) is 18.6. The lowest BCUT2D eigenvalue weighted by Crippen LogP contribution is -2.46. The van der Waals surface area contributed by atoms with Crippen LogP contribution in [0.4, 0.5) is 0 Å². The van der Waals surface area contributed by atoms with E-state index in [9.17, 15) is 0 Å². The van der Waals surface area contributed by atoms with E-state index in [0.29, 0.717) is 6.10 Å². The highest BCUT2D eigenvalue weighted by Gasteiger charge is 2.21. The van der Waals surface area contributed by atoms with E-state index >= 15 is 0 Å². The maximum atomic E-state index is 5.76. The number of piperidine rings is 1. The number of ether oxygens (including phenoxy) is 1. The molecule has 29 heavy (non-hydrogen) atoms. The lowest BCUT2D eigenvalue weighted by molar-refractivity contribution is 0.0263. The molecule has 0 amide bonds. The van der Waals surface area contributed by atoms with Gasteiger partial charge in [0.1, 0.15) is 0 Å². The molecule has 0 bridgehead atoms. The first-order valence-electron chi connectivity index (χ1n) is 11.2. The Balaban J connectivity index is 1.44. The van der Waals surface area contributed by atoms with Gasteiger partial charge in [0.05, 0.1) is 6.10 Å². The Bertz CT molecular complexity index is 625. The SMILES string of the molecule is CCOC1CCN(C(=NC)NCc2ccc(CN3CCCN(C)CC3)cc2)CC1. The van der Waals surface area contributed by atoms with Crippen LogP contribution in [0.3, 0.4) is 0 Å². The molecule has 0 radical (unpaired) electrons. The average Bonchev–Trinajstić information content (AvgIpc) is 2.95. The first kappa shape index (κ1) is 22.1. The second kappa shape index (κ2) is 11.5. The van der Waals surface area contributed by atoms with Crippen molar-refractivity contribution in [2.75, 3.05) is 60.0 Å². The summed E-state index contributed by atoms with van der Waals surface area (Å²) in [5.74, 6) is 0.998. The molecule has 0 spiro atoms. The molecule has 2 aliphatic heterocycles. The maximum absolute atomic E-state index is 5.76. The number of benzene rings is 1. The lowest BCUT2D eigenvalue weighted by atomic mass is 10.1. The number of rotatable bonds is 6. The predicted molar refractivity (Wildman–Crippen MR) is 120 cm³/mol. The number of nitrogens with zero attached hydrogens (tertiary/aromatic N) is 4. The summed E-state index contributed by atoms with van der Waals surface area (Å²) in [6.07, 6.45) is 3.83. The summed E-state index contributed by atoms with van der Waals surface area (Å²) in [4.78, 5) is 11.8. The van der Waals surface area contributed by atoms with Crippen LogP contribution in [0.5, 0.6) is 0 Å². The van der Waals surface area contributed by atoms with E-state index in [0.717, 1.165) is 58.1 Å². The molecule has 0 saturated carbocycles. The van der Waals surface area contributed by atoms with Crippen molar-refractivity contribution in [1.29, 1.82) is 0 Å². The minimum absolute atomic E-state index is 0.409. The fourth-order valence-corrected chi connectivity index (χ4v) is 4.26. The summed E-state index contributed by atoms with van der Waals surface area (Å²) in [6.45, 7) is 11.5. The smallest absolute Gasteiger partial charge is 0.193 e. The first-order valence-corrected chi connectivity index (χ1v) is 11.2. The van der Waals surface area contributed by atoms with Crippen molar-refractivity contribution in [2.45, 2.75) is 45.4 Å². The van der Waals surface area contributed by atoms with Crippen molar-refractivity contribution < 1.29 is 4.74 Å². The molecule has 0 atom stereocenters. The van der Waals surface area contributed by atoms with E-state index in [2.05, 4.69) is 63.2 Å². The summed E-state index contributed by atoms with van der Waals surface area (Å²) in [6, 6.07) is 9.06. The largest absolute Gasteiger partial charge is 0.378 e. The van der Waals surface area contributed by atoms with Crippen molar-refractivity contribution in [2.24, 2.45) is 4.99 Å². The quantitative estimate of drug-likeness (QED) is 0.586. The fraction of sp³-hybridized carbons (Fsp3) is 0.696. The molecule has 2 aliphatic rings. The Labute approximate surface area is 176 Å². The molecule has 2 heterocycles. The van der Waals surface area contributed by atoms with Crippen molar-refractivity contribution >= 4 is 5.96 Å². The van der Waals surface area contributed by atoms with Crippen LogP contribution in [0.25, 0.3) is 0 Å². The Morgan fingerprint density at radius 3 is 2.45 bits per heavy atom. The minimum atomic E-state index is 0.409. The van der Waals surface area contributed by atoms with Gasteiger partial charge in [0.15, 0.2) is 5.96 Å². The van der Waals surface area contributed by atoms with Gasteiger partial charge in [0, 0.05) is 52.9 Å². The Morgan fingerprint density at radius 2 is 1.76 bits per heavy atom. The number of aliphatic imine (C=N–C) groups is 1. The summed E-state index contributed by atoms with van der Waals surface area (Å²) in [7, 11) is 4.10. The van der Waals surface area contributed by atoms with E-state index in [1.807, 2.05) is 7.05 Å². The average molecular weight is 402 g/mol. The summed E-state index contributed by atoms with van der Waals surface area (Å²) in [5, 5.41) is 3.54. The van der Waals surface area contributed by atoms with Gasteiger partial charge in [0.25, 0.3) is 0 Å². The maximum Gasteiger partial charge on any atom is 0.193 e. The van der Waals surface area contributed by atoms with Crippen LogP contribution in [0.15, 0.2) is 29.3 Å². The van der Waals surface area contributed by atoms with E-state index in [1.165, 1.54) is 37.2 Å². The summed E-state index contributed by atoms with van der Waals surface area (Å²) in [5.41, 5.74) is 2.70. The van der Waals surface area contributed by atoms with Gasteiger partial charge in [-0.05, 0) is 57.5 Å². The molecular formula is C23H39N5O. The molecule has 3 rings (SSSR count). The van der Waals surface area contributed by atoms with Crippen LogP contribution in [0, 0.1) is 0 Å². The first-order chi connectivity index (χ1) is 14.2. The molecule has 1 N–H and O–H groups in total. The molecule has 0 unspecified atom stereocenters. The molecule has 162 valence electrons. The highest BCUT2D eigenvalue weighted by molar-refractivity contribution is 5.79. The minimum Gasteiger partial charge on any atom is -0.378 e. The van der Waals surface area contributed by atoms with E-state index in [1.54, 1.807) is 0 Å². The monoisotopic (exact) mass is 401 g/mol. The van der Waals surface area contributed by atoms with Gasteiger partial charge in [-0.3, -0.25) is 9.89 Å². The molecule has 2 saturated heterocycles. The molecule has 0 aromatic heterocycles. The van der Waals surface area contributed by atoms with E-state index in [-0.39, 0.29) is 0 Å². The van der Waals surface area contributed by atoms with E-state index in [4.69, 9.17) is 4.74 Å². The predicted octanol–water partition coefficient (Wildman–Crippen LogP) is 2.40. The number of likely N-dealkylation sites (N-methyl/N-ethyl adjacent to an activating group) is 1. The third kappa shape index (κ3) is 6.98. The third-order valence-electron chi connectivity index (χ3n) is 6.05. The van der Waals surface area contributed by atoms with Crippen LogP contribution in [-0.4, -0.2) is 86.7 Å². The van der Waals surface area contributed by atoms with Crippen molar-refractivity contribution in [3.8, 4) is 0 Å². The molecule has 0 aliphatic carbocycles. The number of hydrogen-bond acceptors (Lipinski definition) is 4. The second-order valence-corrected chi connectivity index (χ2v) is 8.29. The van der Waals surface area contributed by atoms with Gasteiger partial charge in [-0.1, -0.05) is 24.3 Å². The van der Waals surface area contributed by atoms with Crippen LogP contribution < -0.4 is 5.32 Å². The fourth-order valence-electron chi connectivity index (χ4n) is 4.26. The van der Waals surface area contributed by atoms with Gasteiger partial charge in [-0.15, -0.1) is 0 Å². The van der Waals surface area contributed by atoms with Gasteiger partial charge in [-0.25, -0.2) is 0 Å². The lowest BCUT2D eigenvalue weighted by Gasteiger charge is -2.34. The molecular weight excluding hydrogens is 362 g/mol. The third-order valence-corrected chi connectivity index (χ3v) is 6.05. The van der Waals surface area contributed by atoms with Crippen LogP contribution in [0.1, 0.15) is 37.3 Å². The Morgan fingerprint density at radius 1 is 1.03 bits per heavy atom. The number of likely N-dealkylation sites (tertiary alicyclic amines) is 1. The van der Waals surface area contributed by atoms with Crippen molar-refractivity contribution in [3.63, 3.8) is 0 Å². The number of nitrogens with one attached hydrogen (secondary N) is 1. The highest BCUT2D eigenvalue weighted by atomic mass is 16.5. The molecule has 2 fully saturated rings. The second-order valence-electron chi connectivity index (χ2n) is 8.29. The number of hydrogen-bond donors (Lipinski definition) is 1. The van der Waals surface area contributed by atoms with Gasteiger partial charge in [0.2, 0.25) is 0 Å². The van der Waals surface area contributed by atoms with Crippen LogP contribution in [0.2, 0.25) is 0 Å². The molecule has 1 aromatic carbocycles. The standard InChI is InChI=1S/C23H39N5O/c1-4-29-22-10-14-28(15-11-22)23(24-2)25-18-20-6-8-21(9-7-20)19-27-13-5-12-26(3)16-17-27/h6-9,22H,4-5,10-19H2,1-3H3,(H,24,25). The van der Waals surface area contributed by atoms with E-state index < -0.39 is 0 Å². The number of guanidine groups is 1. The van der Waals surface area contributed by atoms with Gasteiger partial charge >= 0.3 is 0 Å². The molecule has 1 aromatic rings. The zero-order chi connectivity index (χ0) is 20.5. The van der Waals surface area contributed by atoms with Crippen molar-refractivity contribution in [1.82, 2.24) is 20.0 Å². The van der Waals surface area contributed by atoms with Gasteiger partial charge in [-0.2, -0.15) is 0 Å². The Kier molecular flexibility index (Phi) is 8.77. The highest BCUT2D eigenvalue weighted by Crippen LogP contribution is 2.14. The van der Waals surface area contributed by atoms with Gasteiger partial charge < -0.3 is 19.9 Å². The normalized spacial score (nSPS) is 20.7. The molecule has 6 nitrogen and oxygen atoms in total. The van der Waals surface area contributed by atoms with Crippen molar-refractivity contribution in [3.05, 3.63) is 35.4 Å². The summed E-state index contributed by atoms with van der Waals surface area (Å²) >= 11 is 0. The Hall–Kier alpha value is -1.63. The van der Waals surface area contributed by atoms with Crippen LogP contribution in [-0.2, 0) is 17.8 Å². The van der Waals surface area contributed by atoms with Crippen LogP contribution >= 0.6 is 0 Å². The summed E-state index contributed by atoms with van der Waals surface area (Å²) < 4.78 is 5.76. The topological polar surface area (TPSA) is 43.3 Å².